The lowest BCUT2D eigenvalue weighted by molar-refractivity contribution is -0.274. The summed E-state index contributed by atoms with van der Waals surface area (Å²) < 4.78 is 47.4. The standard InChI is InChI=1S/C21H19F3N4O3S.ClH/c1-27(2)9-10-28(19(29)12-16-14-5-3-4-6-17(14)31-26-16)20-25-15-8-7-13(11-18(15)32-20)30-21(22,23)24;/h3-8,11H,9-10,12H2,1-2H3;1H. The summed E-state index contributed by atoms with van der Waals surface area (Å²) in [6.07, 6.45) is -4.78. The summed E-state index contributed by atoms with van der Waals surface area (Å²) in [4.78, 5) is 21.1. The number of halogens is 4. The van der Waals surface area contributed by atoms with Gasteiger partial charge in [0.25, 0.3) is 0 Å². The van der Waals surface area contributed by atoms with E-state index < -0.39 is 6.36 Å². The molecule has 0 unspecified atom stereocenters. The Morgan fingerprint density at radius 3 is 2.64 bits per heavy atom. The summed E-state index contributed by atoms with van der Waals surface area (Å²) in [5.74, 6) is -0.572. The molecule has 2 heterocycles. The van der Waals surface area contributed by atoms with E-state index >= 15 is 0 Å². The summed E-state index contributed by atoms with van der Waals surface area (Å²) in [7, 11) is 3.76. The third-order valence-corrected chi connectivity index (χ3v) is 5.70. The van der Waals surface area contributed by atoms with E-state index in [0.717, 1.165) is 16.7 Å². The van der Waals surface area contributed by atoms with Crippen LogP contribution in [0.5, 0.6) is 5.75 Å². The number of anilines is 1. The fraction of sp³-hybridized carbons (Fsp3) is 0.286. The zero-order chi connectivity index (χ0) is 22.9. The molecule has 0 fully saturated rings. The lowest BCUT2D eigenvalue weighted by Gasteiger charge is -2.21. The Kier molecular flexibility index (Phi) is 7.45. The van der Waals surface area contributed by atoms with Gasteiger partial charge in [-0.15, -0.1) is 25.6 Å². The minimum atomic E-state index is -4.78. The Morgan fingerprint density at radius 2 is 1.91 bits per heavy atom. The zero-order valence-corrected chi connectivity index (χ0v) is 19.3. The smallest absolute Gasteiger partial charge is 0.406 e. The number of nitrogens with zero attached hydrogens (tertiary/aromatic N) is 4. The van der Waals surface area contributed by atoms with Crippen LogP contribution in [0.4, 0.5) is 18.3 Å². The number of ether oxygens (including phenoxy) is 1. The van der Waals surface area contributed by atoms with Gasteiger partial charge in [0.05, 0.1) is 16.6 Å². The Balaban J connectivity index is 0.00000306. The van der Waals surface area contributed by atoms with Crippen molar-refractivity contribution in [3.63, 3.8) is 0 Å². The molecule has 4 rings (SSSR count). The maximum Gasteiger partial charge on any atom is 0.573 e. The Hall–Kier alpha value is -2.89. The first kappa shape index (κ1) is 24.7. The first-order valence-corrected chi connectivity index (χ1v) is 10.5. The molecule has 0 aliphatic rings. The third kappa shape index (κ3) is 5.92. The van der Waals surface area contributed by atoms with Crippen LogP contribution in [0.15, 0.2) is 47.0 Å². The second kappa shape index (κ2) is 9.94. The number of amides is 1. The maximum atomic E-state index is 13.2. The molecule has 12 heteroatoms. The molecule has 0 aliphatic carbocycles. The highest BCUT2D eigenvalue weighted by Gasteiger charge is 2.31. The molecule has 0 radical (unpaired) electrons. The quantitative estimate of drug-likeness (QED) is 0.359. The normalized spacial score (nSPS) is 11.7. The van der Waals surface area contributed by atoms with E-state index in [4.69, 9.17) is 4.52 Å². The molecule has 2 aromatic heterocycles. The predicted molar refractivity (Wildman–Crippen MR) is 122 cm³/mol. The van der Waals surface area contributed by atoms with Crippen molar-refractivity contribution in [3.05, 3.63) is 48.2 Å². The highest BCUT2D eigenvalue weighted by Crippen LogP contribution is 2.33. The first-order valence-electron chi connectivity index (χ1n) is 9.64. The molecule has 0 spiro atoms. The van der Waals surface area contributed by atoms with E-state index in [2.05, 4.69) is 14.9 Å². The molecular formula is C21H20ClF3N4O3S. The third-order valence-electron chi connectivity index (χ3n) is 4.66. The van der Waals surface area contributed by atoms with Crippen LogP contribution in [-0.2, 0) is 11.2 Å². The predicted octanol–water partition coefficient (Wildman–Crippen LogP) is 4.90. The SMILES string of the molecule is CN(C)CCN(C(=O)Cc1noc2ccccc12)c1nc2ccc(OC(F)(F)F)cc2s1.Cl. The molecule has 0 saturated heterocycles. The van der Waals surface area contributed by atoms with Crippen LogP contribution in [-0.4, -0.2) is 54.5 Å². The minimum absolute atomic E-state index is 0. The molecule has 0 bridgehead atoms. The van der Waals surface area contributed by atoms with Crippen LogP contribution in [0, 0.1) is 0 Å². The van der Waals surface area contributed by atoms with Gasteiger partial charge in [-0.25, -0.2) is 4.98 Å². The highest BCUT2D eigenvalue weighted by molar-refractivity contribution is 7.22. The van der Waals surface area contributed by atoms with Gasteiger partial charge in [0.15, 0.2) is 10.7 Å². The van der Waals surface area contributed by atoms with Gasteiger partial charge in [0.1, 0.15) is 11.4 Å². The van der Waals surface area contributed by atoms with Crippen LogP contribution < -0.4 is 9.64 Å². The van der Waals surface area contributed by atoms with Crippen molar-refractivity contribution in [1.29, 1.82) is 0 Å². The van der Waals surface area contributed by atoms with Crippen molar-refractivity contribution < 1.29 is 27.2 Å². The number of likely N-dealkylation sites (N-methyl/N-ethyl adjacent to an activating group) is 1. The van der Waals surface area contributed by atoms with Crippen molar-refractivity contribution in [2.45, 2.75) is 12.8 Å². The first-order chi connectivity index (χ1) is 15.2. The van der Waals surface area contributed by atoms with Crippen molar-refractivity contribution in [2.24, 2.45) is 0 Å². The van der Waals surface area contributed by atoms with E-state index in [1.807, 2.05) is 37.2 Å². The molecule has 2 aromatic carbocycles. The number of carbonyl (C=O) groups is 1. The number of benzene rings is 2. The highest BCUT2D eigenvalue weighted by atomic mass is 35.5. The number of para-hydroxylation sites is 1. The van der Waals surface area contributed by atoms with Gasteiger partial charge in [-0.2, -0.15) is 0 Å². The van der Waals surface area contributed by atoms with Gasteiger partial charge in [-0.05, 0) is 38.4 Å². The molecule has 4 aromatic rings. The summed E-state index contributed by atoms with van der Waals surface area (Å²) in [5.41, 5.74) is 1.59. The van der Waals surface area contributed by atoms with E-state index in [1.165, 1.54) is 23.1 Å². The van der Waals surface area contributed by atoms with E-state index in [1.54, 1.807) is 6.07 Å². The average molecular weight is 501 g/mol. The molecule has 1 amide bonds. The number of carbonyl (C=O) groups excluding carboxylic acids is 1. The van der Waals surface area contributed by atoms with Gasteiger partial charge < -0.3 is 14.2 Å². The second-order valence-electron chi connectivity index (χ2n) is 7.32. The fourth-order valence-electron chi connectivity index (χ4n) is 3.14. The van der Waals surface area contributed by atoms with E-state index in [9.17, 15) is 18.0 Å². The number of aromatic nitrogens is 2. The maximum absolute atomic E-state index is 13.2. The topological polar surface area (TPSA) is 71.7 Å². The Bertz CT molecular complexity index is 1260. The van der Waals surface area contributed by atoms with Crippen LogP contribution in [0.2, 0.25) is 0 Å². The Morgan fingerprint density at radius 1 is 1.15 bits per heavy atom. The van der Waals surface area contributed by atoms with Gasteiger partial charge in [-0.3, -0.25) is 9.69 Å². The van der Waals surface area contributed by atoms with Gasteiger partial charge in [-0.1, -0.05) is 28.6 Å². The summed E-state index contributed by atoms with van der Waals surface area (Å²) in [6, 6.07) is 11.2. The van der Waals surface area contributed by atoms with Crippen molar-refractivity contribution in [3.8, 4) is 5.75 Å². The fourth-order valence-corrected chi connectivity index (χ4v) is 4.17. The minimum Gasteiger partial charge on any atom is -0.406 e. The molecule has 0 aliphatic heterocycles. The van der Waals surface area contributed by atoms with E-state index in [0.29, 0.717) is 39.7 Å². The van der Waals surface area contributed by atoms with Gasteiger partial charge in [0.2, 0.25) is 5.91 Å². The van der Waals surface area contributed by atoms with Crippen molar-refractivity contribution in [1.82, 2.24) is 15.0 Å². The number of thiazole rings is 1. The van der Waals surface area contributed by atoms with E-state index in [-0.39, 0.29) is 30.5 Å². The average Bonchev–Trinajstić information content (AvgIpc) is 3.31. The lowest BCUT2D eigenvalue weighted by Crippen LogP contribution is -2.37. The molecule has 33 heavy (non-hydrogen) atoms. The molecule has 176 valence electrons. The van der Waals surface area contributed by atoms with Crippen LogP contribution in [0.1, 0.15) is 5.69 Å². The summed E-state index contributed by atoms with van der Waals surface area (Å²) in [6.45, 7) is 0.928. The lowest BCUT2D eigenvalue weighted by atomic mass is 10.1. The molecule has 7 nitrogen and oxygen atoms in total. The monoisotopic (exact) mass is 500 g/mol. The number of rotatable bonds is 7. The number of hydrogen-bond acceptors (Lipinski definition) is 7. The zero-order valence-electron chi connectivity index (χ0n) is 17.6. The van der Waals surface area contributed by atoms with Gasteiger partial charge in [0, 0.05) is 24.5 Å². The van der Waals surface area contributed by atoms with Crippen LogP contribution in [0.25, 0.3) is 21.2 Å². The molecule has 0 saturated carbocycles. The summed E-state index contributed by atoms with van der Waals surface area (Å²) >= 11 is 1.13. The van der Waals surface area contributed by atoms with Crippen LogP contribution >= 0.6 is 23.7 Å². The number of hydrogen-bond donors (Lipinski definition) is 0. The largest absolute Gasteiger partial charge is 0.573 e. The molecule has 0 atom stereocenters. The number of alkyl halides is 3. The van der Waals surface area contributed by atoms with Crippen molar-refractivity contribution in [2.75, 3.05) is 32.1 Å². The van der Waals surface area contributed by atoms with Crippen molar-refractivity contribution >= 4 is 56.0 Å². The second-order valence-corrected chi connectivity index (χ2v) is 8.33. The Labute approximate surface area is 197 Å². The molecule has 0 N–H and O–H groups in total. The number of fused-ring (bicyclic) bond motifs is 2. The van der Waals surface area contributed by atoms with Crippen LogP contribution in [0.3, 0.4) is 0 Å². The summed E-state index contributed by atoms with van der Waals surface area (Å²) in [5, 5.41) is 5.17. The molecular weight excluding hydrogens is 481 g/mol. The van der Waals surface area contributed by atoms with Gasteiger partial charge >= 0.3 is 6.36 Å².